The van der Waals surface area contributed by atoms with E-state index in [1.165, 1.54) is 37.4 Å². The topological polar surface area (TPSA) is 140 Å². The second-order valence-corrected chi connectivity index (χ2v) is 10.0. The zero-order chi connectivity index (χ0) is 26.9. The minimum absolute atomic E-state index is 0. The summed E-state index contributed by atoms with van der Waals surface area (Å²) < 4.78 is 38.7. The van der Waals surface area contributed by atoms with E-state index in [1.54, 1.807) is 37.3 Å². The molecule has 0 fully saturated rings. The van der Waals surface area contributed by atoms with E-state index in [0.29, 0.717) is 32.8 Å². The van der Waals surface area contributed by atoms with Crippen molar-refractivity contribution in [2.45, 2.75) is 11.8 Å². The second kappa shape index (κ2) is 12.0. The van der Waals surface area contributed by atoms with Crippen LogP contribution in [-0.4, -0.2) is 26.0 Å². The van der Waals surface area contributed by atoms with E-state index in [2.05, 4.69) is 15.5 Å². The Morgan fingerprint density at radius 3 is 2.34 bits per heavy atom. The summed E-state index contributed by atoms with van der Waals surface area (Å²) in [6.45, 7) is 1.54. The predicted octanol–water partition coefficient (Wildman–Crippen LogP) is 3.46. The van der Waals surface area contributed by atoms with Crippen molar-refractivity contribution < 1.29 is 57.2 Å². The zero-order valence-electron chi connectivity index (χ0n) is 20.3. The van der Waals surface area contributed by atoms with Crippen molar-refractivity contribution in [3.63, 3.8) is 0 Å². The van der Waals surface area contributed by atoms with Crippen LogP contribution in [0.3, 0.4) is 0 Å². The van der Waals surface area contributed by atoms with Gasteiger partial charge >= 0.3 is 29.6 Å². The van der Waals surface area contributed by atoms with E-state index >= 15 is 0 Å². The summed E-state index contributed by atoms with van der Waals surface area (Å²) in [6, 6.07) is 15.5. The van der Waals surface area contributed by atoms with E-state index < -0.39 is 26.7 Å². The quantitative estimate of drug-likeness (QED) is 0.203. The summed E-state index contributed by atoms with van der Waals surface area (Å²) in [5.74, 6) is -1.12. The molecule has 4 aromatic carbocycles. The van der Waals surface area contributed by atoms with Crippen LogP contribution in [0.15, 0.2) is 75.8 Å². The van der Waals surface area contributed by atoms with Gasteiger partial charge in [-0.3, -0.25) is 9.35 Å². The van der Waals surface area contributed by atoms with Crippen LogP contribution >= 0.6 is 23.2 Å². The van der Waals surface area contributed by atoms with Crippen molar-refractivity contribution in [1.29, 1.82) is 0 Å². The summed E-state index contributed by atoms with van der Waals surface area (Å²) in [5, 5.41) is 25.0. The first-order valence-corrected chi connectivity index (χ1v) is 12.8. The third kappa shape index (κ3) is 6.13. The summed E-state index contributed by atoms with van der Waals surface area (Å²) >= 11 is 12.0. The average molecular weight is 582 g/mol. The van der Waals surface area contributed by atoms with Gasteiger partial charge in [0.1, 0.15) is 16.3 Å². The maximum absolute atomic E-state index is 13.4. The van der Waals surface area contributed by atoms with Gasteiger partial charge in [0, 0.05) is 22.7 Å². The average Bonchev–Trinajstić information content (AvgIpc) is 2.85. The van der Waals surface area contributed by atoms with Crippen LogP contribution in [0.25, 0.3) is 10.8 Å². The number of halogens is 2. The van der Waals surface area contributed by atoms with Gasteiger partial charge < -0.3 is 15.2 Å². The molecule has 0 aliphatic rings. The van der Waals surface area contributed by atoms with Crippen LogP contribution in [0, 0.1) is 6.92 Å². The number of benzene rings is 4. The molecule has 0 aliphatic carbocycles. The predicted molar refractivity (Wildman–Crippen MR) is 140 cm³/mol. The second-order valence-electron chi connectivity index (χ2n) is 7.84. The van der Waals surface area contributed by atoms with E-state index in [9.17, 15) is 22.9 Å². The molecule has 0 aromatic heterocycles. The van der Waals surface area contributed by atoms with Crippen molar-refractivity contribution in [2.75, 3.05) is 12.4 Å². The SMILES string of the molecule is COc1cc(NC(=O)c2cc3ccccc3c(N=Nc3c(C)ccc(Cl)c3S(=O)(=O)O)c2[O-])ccc1Cl.[Na+]. The number of nitrogens with zero attached hydrogens (tertiary/aromatic N) is 2. The molecule has 0 radical (unpaired) electrons. The molecule has 38 heavy (non-hydrogen) atoms. The van der Waals surface area contributed by atoms with Crippen molar-refractivity contribution in [3.8, 4) is 11.5 Å². The third-order valence-electron chi connectivity index (χ3n) is 5.42. The maximum Gasteiger partial charge on any atom is 1.00 e. The van der Waals surface area contributed by atoms with Crippen LogP contribution in [0.4, 0.5) is 17.1 Å². The molecule has 0 saturated carbocycles. The van der Waals surface area contributed by atoms with E-state index in [0.717, 1.165) is 0 Å². The van der Waals surface area contributed by atoms with E-state index in [-0.39, 0.29) is 51.5 Å². The van der Waals surface area contributed by atoms with Gasteiger partial charge in [0.25, 0.3) is 16.0 Å². The first-order valence-electron chi connectivity index (χ1n) is 10.6. The molecule has 1 amide bonds. The molecule has 2 N–H and O–H groups in total. The molecule has 0 atom stereocenters. The summed E-state index contributed by atoms with van der Waals surface area (Å²) in [5.41, 5.74) is 0.0241. The molecule has 190 valence electrons. The Hall–Kier alpha value is -2.70. The molecule has 0 saturated heterocycles. The van der Waals surface area contributed by atoms with Gasteiger partial charge in [-0.05, 0) is 42.1 Å². The van der Waals surface area contributed by atoms with Crippen molar-refractivity contribution in [1.82, 2.24) is 0 Å². The molecular weight excluding hydrogens is 564 g/mol. The van der Waals surface area contributed by atoms with Crippen LogP contribution in [0.1, 0.15) is 15.9 Å². The van der Waals surface area contributed by atoms with Crippen molar-refractivity contribution in [2.24, 2.45) is 10.2 Å². The van der Waals surface area contributed by atoms with Crippen LogP contribution in [-0.2, 0) is 10.1 Å². The van der Waals surface area contributed by atoms with Gasteiger partial charge in [-0.1, -0.05) is 59.3 Å². The standard InChI is InChI=1S/C25H19Cl2N3O6S.Na/c1-13-7-9-19(27)24(37(33,34)35)21(13)29-30-22-16-6-4-3-5-14(16)11-17(23(22)31)25(32)28-15-8-10-18(26)20(12-15)36-2;/h3-12,31H,1-2H3,(H,28,32)(H,33,34,35);/q;+1/p-1. The first-order chi connectivity index (χ1) is 17.5. The monoisotopic (exact) mass is 581 g/mol. The Morgan fingerprint density at radius 1 is 1.00 bits per heavy atom. The van der Waals surface area contributed by atoms with Gasteiger partial charge in [0.05, 0.1) is 22.8 Å². The van der Waals surface area contributed by atoms with Crippen molar-refractivity contribution >= 4 is 67.1 Å². The molecule has 0 spiro atoms. The number of ether oxygens (including phenoxy) is 1. The molecule has 4 rings (SSSR count). The Labute approximate surface area is 250 Å². The molecule has 0 aliphatic heterocycles. The summed E-state index contributed by atoms with van der Waals surface area (Å²) in [6.07, 6.45) is 0. The number of nitrogens with one attached hydrogen (secondary N) is 1. The normalized spacial score (nSPS) is 11.4. The molecule has 0 unspecified atom stereocenters. The Balaban J connectivity index is 0.00000400. The van der Waals surface area contributed by atoms with Gasteiger partial charge in [0.15, 0.2) is 0 Å². The fourth-order valence-corrected chi connectivity index (χ4v) is 5.03. The minimum Gasteiger partial charge on any atom is -0.870 e. The van der Waals surface area contributed by atoms with Crippen molar-refractivity contribution in [3.05, 3.63) is 81.8 Å². The number of methoxy groups -OCH3 is 1. The fourth-order valence-electron chi connectivity index (χ4n) is 3.63. The number of amides is 1. The van der Waals surface area contributed by atoms with Crippen LogP contribution < -0.4 is 44.7 Å². The molecular formula is C25H18Cl2N3NaO6S. The van der Waals surface area contributed by atoms with Gasteiger partial charge in [-0.15, -0.1) is 5.11 Å². The Kier molecular flexibility index (Phi) is 9.43. The smallest absolute Gasteiger partial charge is 0.870 e. The number of carbonyl (C=O) groups excluding carboxylic acids is 1. The first kappa shape index (κ1) is 29.9. The molecule has 13 heteroatoms. The minimum atomic E-state index is -4.76. The summed E-state index contributed by atoms with van der Waals surface area (Å²) in [7, 11) is -3.33. The van der Waals surface area contributed by atoms with Crippen LogP contribution in [0.2, 0.25) is 10.0 Å². The molecule has 0 heterocycles. The number of aryl methyl sites for hydroxylation is 1. The number of anilines is 1. The maximum atomic E-state index is 13.4. The van der Waals surface area contributed by atoms with Gasteiger partial charge in [-0.25, -0.2) is 0 Å². The molecule has 0 bridgehead atoms. The largest absolute Gasteiger partial charge is 1.00 e. The number of rotatable bonds is 6. The Bertz CT molecular complexity index is 1700. The van der Waals surface area contributed by atoms with Gasteiger partial charge in [0.2, 0.25) is 0 Å². The van der Waals surface area contributed by atoms with E-state index in [4.69, 9.17) is 27.9 Å². The zero-order valence-corrected chi connectivity index (χ0v) is 24.6. The Morgan fingerprint density at radius 2 is 1.66 bits per heavy atom. The third-order valence-corrected chi connectivity index (χ3v) is 7.09. The summed E-state index contributed by atoms with van der Waals surface area (Å²) in [4.78, 5) is 12.4. The number of azo groups is 1. The molecule has 9 nitrogen and oxygen atoms in total. The number of hydrogen-bond acceptors (Lipinski definition) is 7. The van der Waals surface area contributed by atoms with Crippen LogP contribution in [0.5, 0.6) is 11.5 Å². The van der Waals surface area contributed by atoms with Gasteiger partial charge in [-0.2, -0.15) is 13.5 Å². The number of fused-ring (bicyclic) bond motifs is 1. The molecule has 4 aromatic rings. The number of hydrogen-bond donors (Lipinski definition) is 2. The number of carbonyl (C=O) groups is 1. The van der Waals surface area contributed by atoms with E-state index in [1.807, 2.05) is 0 Å². The fraction of sp³-hybridized carbons (Fsp3) is 0.0800.